The maximum atomic E-state index is 12.3. The number of hydrogen-bond acceptors (Lipinski definition) is 5. The van der Waals surface area contributed by atoms with Crippen LogP contribution in [0.25, 0.3) is 0 Å². The molecule has 0 radical (unpaired) electrons. The van der Waals surface area contributed by atoms with Crippen molar-refractivity contribution in [3.8, 4) is 0 Å². The summed E-state index contributed by atoms with van der Waals surface area (Å²) < 4.78 is 0. The first kappa shape index (κ1) is 31.1. The Hall–Kier alpha value is -2.91. The minimum atomic E-state index is -1.19. The van der Waals surface area contributed by atoms with Crippen molar-refractivity contribution < 1.29 is 24.3 Å². The maximum Gasteiger partial charge on any atom is 0.322 e. The number of nitrogens with one attached hydrogen (secondary N) is 4. The predicted octanol–water partition coefficient (Wildman–Crippen LogP) is 3.24. The molecule has 0 spiro atoms. The first-order chi connectivity index (χ1) is 17.4. The van der Waals surface area contributed by atoms with Crippen LogP contribution < -0.4 is 16.0 Å². The van der Waals surface area contributed by atoms with Gasteiger partial charge in [-0.15, -0.1) is 0 Å². The van der Waals surface area contributed by atoms with Gasteiger partial charge in [0.05, 0.1) is 18.6 Å². The number of amides is 3. The van der Waals surface area contributed by atoms with Crippen LogP contribution in [0, 0.1) is 0 Å². The van der Waals surface area contributed by atoms with Crippen LogP contribution in [0.5, 0.6) is 0 Å². The molecule has 5 N–H and O–H groups in total. The van der Waals surface area contributed by atoms with Gasteiger partial charge >= 0.3 is 5.97 Å². The summed E-state index contributed by atoms with van der Waals surface area (Å²) in [5, 5.41) is 16.1. The summed E-state index contributed by atoms with van der Waals surface area (Å²) >= 11 is 0. The van der Waals surface area contributed by atoms with Gasteiger partial charge in [-0.25, -0.2) is 4.98 Å². The highest BCUT2D eigenvalue weighted by atomic mass is 16.4. The van der Waals surface area contributed by atoms with Crippen LogP contribution in [-0.4, -0.2) is 57.9 Å². The van der Waals surface area contributed by atoms with Crippen molar-refractivity contribution in [2.24, 2.45) is 0 Å². The van der Waals surface area contributed by atoms with Crippen molar-refractivity contribution in [3.63, 3.8) is 0 Å². The van der Waals surface area contributed by atoms with E-state index in [0.717, 1.165) is 19.3 Å². The smallest absolute Gasteiger partial charge is 0.322 e. The molecule has 3 amide bonds. The lowest BCUT2D eigenvalue weighted by atomic mass is 10.0. The summed E-state index contributed by atoms with van der Waals surface area (Å²) in [5.74, 6) is -2.55. The minimum Gasteiger partial charge on any atom is -0.480 e. The van der Waals surface area contributed by atoms with Crippen molar-refractivity contribution in [2.45, 2.75) is 109 Å². The lowest BCUT2D eigenvalue weighted by Gasteiger charge is -2.17. The number of aliphatic carboxylic acids is 1. The Morgan fingerprint density at radius 2 is 1.42 bits per heavy atom. The maximum absolute atomic E-state index is 12.3. The number of carbonyl (C=O) groups is 4. The topological polar surface area (TPSA) is 153 Å². The first-order valence-corrected chi connectivity index (χ1v) is 13.5. The molecule has 10 nitrogen and oxygen atoms in total. The number of carbonyl (C=O) groups excluding carboxylic acids is 3. The van der Waals surface area contributed by atoms with Gasteiger partial charge in [-0.05, 0) is 6.42 Å². The van der Waals surface area contributed by atoms with Gasteiger partial charge in [0, 0.05) is 19.0 Å². The molecule has 0 unspecified atom stereocenters. The second kappa shape index (κ2) is 20.3. The molecule has 0 bridgehead atoms. The normalized spacial score (nSPS) is 11.6. The third-order valence-electron chi connectivity index (χ3n) is 5.99. The van der Waals surface area contributed by atoms with Crippen LogP contribution in [0.4, 0.5) is 0 Å². The molecule has 0 aliphatic carbocycles. The standard InChI is InChI=1S/C26H45N5O5/c1-2-3-4-5-6-7-8-9-10-11-12-13-14-15-23(32)28-18-24(33)31-22(16-21-17-27-20-30-21)26(36)29-19-25(34)35/h17,20,22H,2-16,18-19H2,1H3,(H,27,30)(H,28,32)(H,29,36)(H,31,33)(H,34,35)/t22-/m0/s1. The molecular weight excluding hydrogens is 462 g/mol. The van der Waals surface area contributed by atoms with Crippen LogP contribution in [0.2, 0.25) is 0 Å². The average Bonchev–Trinajstić information content (AvgIpc) is 3.37. The van der Waals surface area contributed by atoms with Gasteiger partial charge < -0.3 is 26.0 Å². The van der Waals surface area contributed by atoms with Crippen LogP contribution in [-0.2, 0) is 25.6 Å². The number of hydrogen-bond donors (Lipinski definition) is 5. The highest BCUT2D eigenvalue weighted by Gasteiger charge is 2.22. The predicted molar refractivity (Wildman–Crippen MR) is 138 cm³/mol. The molecule has 204 valence electrons. The van der Waals surface area contributed by atoms with Gasteiger partial charge in [-0.1, -0.05) is 84.0 Å². The fourth-order valence-corrected chi connectivity index (χ4v) is 3.92. The highest BCUT2D eigenvalue weighted by molar-refractivity contribution is 5.91. The molecule has 0 aliphatic rings. The number of H-pyrrole nitrogens is 1. The largest absolute Gasteiger partial charge is 0.480 e. The number of imidazole rings is 1. The fourth-order valence-electron chi connectivity index (χ4n) is 3.92. The highest BCUT2D eigenvalue weighted by Crippen LogP contribution is 2.12. The zero-order chi connectivity index (χ0) is 26.4. The summed E-state index contributed by atoms with van der Waals surface area (Å²) in [6.45, 7) is 1.44. The molecule has 0 aliphatic heterocycles. The summed E-state index contributed by atoms with van der Waals surface area (Å²) in [4.78, 5) is 54.1. The minimum absolute atomic E-state index is 0.0909. The van der Waals surface area contributed by atoms with Crippen LogP contribution in [0.15, 0.2) is 12.5 Å². The Kier molecular flexibility index (Phi) is 17.5. The van der Waals surface area contributed by atoms with Crippen molar-refractivity contribution in [1.82, 2.24) is 25.9 Å². The average molecular weight is 508 g/mol. The molecule has 36 heavy (non-hydrogen) atoms. The van der Waals surface area contributed by atoms with Gasteiger partial charge in [0.15, 0.2) is 0 Å². The number of aromatic amines is 1. The zero-order valence-corrected chi connectivity index (χ0v) is 21.8. The number of rotatable bonds is 22. The number of carboxylic acids is 1. The molecule has 1 aromatic rings. The van der Waals surface area contributed by atoms with Crippen molar-refractivity contribution in [2.75, 3.05) is 13.1 Å². The van der Waals surface area contributed by atoms with E-state index in [1.54, 1.807) is 6.20 Å². The van der Waals surface area contributed by atoms with E-state index in [1.165, 1.54) is 70.5 Å². The van der Waals surface area contributed by atoms with E-state index in [1.807, 2.05) is 0 Å². The van der Waals surface area contributed by atoms with Crippen LogP contribution >= 0.6 is 0 Å². The van der Waals surface area contributed by atoms with E-state index in [-0.39, 0.29) is 18.9 Å². The second-order valence-electron chi connectivity index (χ2n) is 9.27. The first-order valence-electron chi connectivity index (χ1n) is 13.5. The van der Waals surface area contributed by atoms with Gasteiger partial charge in [0.25, 0.3) is 0 Å². The molecule has 0 aromatic carbocycles. The molecule has 0 fully saturated rings. The van der Waals surface area contributed by atoms with Crippen LogP contribution in [0.1, 0.15) is 103 Å². The summed E-state index contributed by atoms with van der Waals surface area (Å²) in [6.07, 6.45) is 19.5. The molecule has 1 rings (SSSR count). The number of nitrogens with zero attached hydrogens (tertiary/aromatic N) is 1. The lowest BCUT2D eigenvalue weighted by molar-refractivity contribution is -0.138. The van der Waals surface area contributed by atoms with E-state index >= 15 is 0 Å². The van der Waals surface area contributed by atoms with Crippen molar-refractivity contribution in [1.29, 1.82) is 0 Å². The van der Waals surface area contributed by atoms with Gasteiger partial charge in [0.1, 0.15) is 12.6 Å². The molecule has 0 saturated heterocycles. The Morgan fingerprint density at radius 1 is 0.833 bits per heavy atom. The van der Waals surface area contributed by atoms with E-state index in [0.29, 0.717) is 12.1 Å². The molecule has 1 aromatic heterocycles. The van der Waals surface area contributed by atoms with Gasteiger partial charge in [-0.3, -0.25) is 19.2 Å². The van der Waals surface area contributed by atoms with E-state index in [2.05, 4.69) is 32.8 Å². The number of unbranched alkanes of at least 4 members (excludes halogenated alkanes) is 12. The molecule has 0 saturated carbocycles. The van der Waals surface area contributed by atoms with E-state index in [9.17, 15) is 19.2 Å². The molecule has 10 heteroatoms. The summed E-state index contributed by atoms with van der Waals surface area (Å²) in [7, 11) is 0. The Labute approximate surface area is 214 Å². The van der Waals surface area contributed by atoms with Crippen molar-refractivity contribution in [3.05, 3.63) is 18.2 Å². The second-order valence-corrected chi connectivity index (χ2v) is 9.27. The van der Waals surface area contributed by atoms with Crippen molar-refractivity contribution >= 4 is 23.7 Å². The third kappa shape index (κ3) is 16.7. The number of aromatic nitrogens is 2. The number of carboxylic acid groups (broad SMARTS) is 1. The third-order valence-corrected chi connectivity index (χ3v) is 5.99. The SMILES string of the molecule is CCCCCCCCCCCCCCCC(=O)NCC(=O)N[C@@H](Cc1c[nH]cn1)C(=O)NCC(=O)O. The van der Waals surface area contributed by atoms with Crippen LogP contribution in [0.3, 0.4) is 0 Å². The molecule has 1 heterocycles. The quantitative estimate of drug-likeness (QED) is 0.152. The zero-order valence-electron chi connectivity index (χ0n) is 21.8. The Bertz CT molecular complexity index is 754. The van der Waals surface area contributed by atoms with E-state index in [4.69, 9.17) is 5.11 Å². The Morgan fingerprint density at radius 3 is 1.94 bits per heavy atom. The summed E-state index contributed by atoms with van der Waals surface area (Å²) in [5.41, 5.74) is 0.539. The molecule has 1 atom stereocenters. The van der Waals surface area contributed by atoms with Gasteiger partial charge in [0.2, 0.25) is 17.7 Å². The monoisotopic (exact) mass is 507 g/mol. The fraction of sp³-hybridized carbons (Fsp3) is 0.731. The Balaban J connectivity index is 2.13. The molecular formula is C26H45N5O5. The summed E-state index contributed by atoms with van der Waals surface area (Å²) in [6, 6.07) is -1.00. The van der Waals surface area contributed by atoms with Gasteiger partial charge in [-0.2, -0.15) is 0 Å². The lowest BCUT2D eigenvalue weighted by Crippen LogP contribution is -2.51. The van der Waals surface area contributed by atoms with E-state index < -0.39 is 30.4 Å².